The summed E-state index contributed by atoms with van der Waals surface area (Å²) in [6.07, 6.45) is 0.323. The van der Waals surface area contributed by atoms with Gasteiger partial charge in [-0.25, -0.2) is 0 Å². The second-order valence-electron chi connectivity index (χ2n) is 5.83. The number of carboxylic acid groups (broad SMARTS) is 1. The van der Waals surface area contributed by atoms with Crippen molar-refractivity contribution < 1.29 is 14.7 Å². The average Bonchev–Trinajstić information content (AvgIpc) is 2.33. The van der Waals surface area contributed by atoms with Crippen LogP contribution in [0.25, 0.3) is 0 Å². The Bertz CT molecular complexity index is 527. The van der Waals surface area contributed by atoms with Crippen molar-refractivity contribution in [2.45, 2.75) is 54.4 Å². The Balaban J connectivity index is 3.14. The molecule has 3 heteroatoms. The highest BCUT2D eigenvalue weighted by Gasteiger charge is 2.20. The first-order valence-electron chi connectivity index (χ1n) is 6.98. The summed E-state index contributed by atoms with van der Waals surface area (Å²) in [5, 5.41) is 8.79. The van der Waals surface area contributed by atoms with Gasteiger partial charge in [-0.05, 0) is 68.4 Å². The monoisotopic (exact) mass is 276 g/mol. The summed E-state index contributed by atoms with van der Waals surface area (Å²) < 4.78 is 0. The quantitative estimate of drug-likeness (QED) is 0.829. The molecule has 1 aromatic carbocycles. The van der Waals surface area contributed by atoms with Gasteiger partial charge in [0.25, 0.3) is 0 Å². The van der Waals surface area contributed by atoms with Crippen molar-refractivity contribution in [2.24, 2.45) is 5.92 Å². The highest BCUT2D eigenvalue weighted by atomic mass is 16.4. The molecule has 0 fully saturated rings. The summed E-state index contributed by atoms with van der Waals surface area (Å²) in [6, 6.07) is 0. The molecule has 1 unspecified atom stereocenters. The molecule has 0 aliphatic heterocycles. The maximum absolute atomic E-state index is 12.5. The molecule has 0 spiro atoms. The molecule has 0 saturated heterocycles. The van der Waals surface area contributed by atoms with E-state index in [1.807, 2.05) is 34.6 Å². The summed E-state index contributed by atoms with van der Waals surface area (Å²) in [6.45, 7) is 11.9. The van der Waals surface area contributed by atoms with E-state index in [0.29, 0.717) is 0 Å². The Morgan fingerprint density at radius 1 is 0.850 bits per heavy atom. The smallest absolute Gasteiger partial charge is 0.303 e. The number of carbonyl (C=O) groups excluding carboxylic acids is 1. The largest absolute Gasteiger partial charge is 0.481 e. The van der Waals surface area contributed by atoms with E-state index in [1.54, 1.807) is 0 Å². The number of rotatable bonds is 5. The first-order valence-corrected chi connectivity index (χ1v) is 6.98. The Morgan fingerprint density at radius 2 is 1.25 bits per heavy atom. The van der Waals surface area contributed by atoms with Gasteiger partial charge in [-0.2, -0.15) is 0 Å². The maximum Gasteiger partial charge on any atom is 0.303 e. The van der Waals surface area contributed by atoms with E-state index in [9.17, 15) is 9.59 Å². The van der Waals surface area contributed by atoms with Gasteiger partial charge in [-0.15, -0.1) is 0 Å². The van der Waals surface area contributed by atoms with Crippen LogP contribution in [0.1, 0.15) is 57.9 Å². The van der Waals surface area contributed by atoms with Gasteiger partial charge >= 0.3 is 5.97 Å². The number of ketones is 1. The summed E-state index contributed by atoms with van der Waals surface area (Å²) >= 11 is 0. The molecule has 3 nitrogen and oxygen atoms in total. The van der Waals surface area contributed by atoms with Crippen LogP contribution in [0.5, 0.6) is 0 Å². The molecule has 20 heavy (non-hydrogen) atoms. The summed E-state index contributed by atoms with van der Waals surface area (Å²) in [4.78, 5) is 23.2. The third-order valence-electron chi connectivity index (χ3n) is 4.34. The van der Waals surface area contributed by atoms with Crippen molar-refractivity contribution in [3.63, 3.8) is 0 Å². The lowest BCUT2D eigenvalue weighted by atomic mass is 9.85. The van der Waals surface area contributed by atoms with E-state index in [4.69, 9.17) is 5.11 Å². The fraction of sp³-hybridized carbons (Fsp3) is 0.529. The molecule has 0 aliphatic rings. The second kappa shape index (κ2) is 6.21. The highest BCUT2D eigenvalue weighted by Crippen LogP contribution is 2.28. The van der Waals surface area contributed by atoms with Crippen molar-refractivity contribution in [1.29, 1.82) is 0 Å². The molecule has 0 aliphatic carbocycles. The molecule has 1 atom stereocenters. The van der Waals surface area contributed by atoms with Crippen LogP contribution >= 0.6 is 0 Å². The lowest BCUT2D eigenvalue weighted by molar-refractivity contribution is -0.137. The number of Topliss-reactive ketones (excluding diaryl/α,β-unsaturated/α-hetero) is 1. The number of benzene rings is 1. The second-order valence-corrected chi connectivity index (χ2v) is 5.83. The predicted octanol–water partition coefficient (Wildman–Crippen LogP) is 3.91. The van der Waals surface area contributed by atoms with E-state index in [1.165, 1.54) is 5.56 Å². The average molecular weight is 276 g/mol. The van der Waals surface area contributed by atoms with Crippen LogP contribution in [0.2, 0.25) is 0 Å². The van der Waals surface area contributed by atoms with Gasteiger partial charge in [-0.3, -0.25) is 9.59 Å². The van der Waals surface area contributed by atoms with Gasteiger partial charge in [0.2, 0.25) is 0 Å². The molecule has 1 N–H and O–H groups in total. The lowest BCUT2D eigenvalue weighted by Gasteiger charge is -2.18. The molecule has 0 saturated carbocycles. The predicted molar refractivity (Wildman–Crippen MR) is 80.5 cm³/mol. The Kier molecular flexibility index (Phi) is 5.09. The van der Waals surface area contributed by atoms with Crippen LogP contribution in [0.15, 0.2) is 0 Å². The standard InChI is InChI=1S/C17H24O3/c1-9(8-16(19)20)7-15(18)17-13(5)11(3)10(2)12(4)14(17)6/h9H,7-8H2,1-6H3,(H,19,20). The van der Waals surface area contributed by atoms with E-state index < -0.39 is 5.97 Å². The van der Waals surface area contributed by atoms with Gasteiger partial charge in [0.05, 0.1) is 0 Å². The molecule has 1 aromatic rings. The van der Waals surface area contributed by atoms with Crippen LogP contribution in [0, 0.1) is 40.5 Å². The van der Waals surface area contributed by atoms with Crippen LogP contribution < -0.4 is 0 Å². The van der Waals surface area contributed by atoms with E-state index in [0.717, 1.165) is 27.8 Å². The Labute approximate surface area is 121 Å². The first-order chi connectivity index (χ1) is 9.16. The molecule has 0 bridgehead atoms. The fourth-order valence-electron chi connectivity index (χ4n) is 2.71. The zero-order chi connectivity index (χ0) is 15.6. The number of carboxylic acids is 1. The third kappa shape index (κ3) is 3.27. The fourth-order valence-corrected chi connectivity index (χ4v) is 2.71. The van der Waals surface area contributed by atoms with Crippen molar-refractivity contribution in [2.75, 3.05) is 0 Å². The highest BCUT2D eigenvalue weighted by molar-refractivity contribution is 6.00. The van der Waals surface area contributed by atoms with Gasteiger partial charge in [0, 0.05) is 18.4 Å². The Morgan fingerprint density at radius 3 is 1.65 bits per heavy atom. The maximum atomic E-state index is 12.5. The molecular weight excluding hydrogens is 252 g/mol. The van der Waals surface area contributed by atoms with Crippen molar-refractivity contribution >= 4 is 11.8 Å². The minimum Gasteiger partial charge on any atom is -0.481 e. The number of carbonyl (C=O) groups is 2. The molecule has 0 radical (unpaired) electrons. The van der Waals surface area contributed by atoms with Crippen LogP contribution in [-0.4, -0.2) is 16.9 Å². The molecule has 0 amide bonds. The minimum atomic E-state index is -0.852. The van der Waals surface area contributed by atoms with Crippen molar-refractivity contribution in [3.05, 3.63) is 33.4 Å². The van der Waals surface area contributed by atoms with E-state index in [-0.39, 0.29) is 24.5 Å². The van der Waals surface area contributed by atoms with Gasteiger partial charge in [-0.1, -0.05) is 6.92 Å². The molecule has 0 aromatic heterocycles. The Hall–Kier alpha value is -1.64. The third-order valence-corrected chi connectivity index (χ3v) is 4.34. The number of aliphatic carboxylic acids is 1. The van der Waals surface area contributed by atoms with Gasteiger partial charge in [0.15, 0.2) is 5.78 Å². The van der Waals surface area contributed by atoms with Gasteiger partial charge < -0.3 is 5.11 Å². The first kappa shape index (κ1) is 16.4. The molecule has 0 heterocycles. The SMILES string of the molecule is Cc1c(C)c(C)c(C(=O)CC(C)CC(=O)O)c(C)c1C. The summed E-state index contributed by atoms with van der Waals surface area (Å²) in [5.74, 6) is -0.935. The molecule has 1 rings (SSSR count). The number of hydrogen-bond donors (Lipinski definition) is 1. The topological polar surface area (TPSA) is 54.4 Å². The van der Waals surface area contributed by atoms with Crippen molar-refractivity contribution in [1.82, 2.24) is 0 Å². The van der Waals surface area contributed by atoms with E-state index >= 15 is 0 Å². The van der Waals surface area contributed by atoms with Gasteiger partial charge in [0.1, 0.15) is 0 Å². The van der Waals surface area contributed by atoms with E-state index in [2.05, 4.69) is 6.92 Å². The zero-order valence-electron chi connectivity index (χ0n) is 13.3. The zero-order valence-corrected chi connectivity index (χ0v) is 13.3. The summed E-state index contributed by atoms with van der Waals surface area (Å²) in [7, 11) is 0. The molecule has 110 valence electrons. The summed E-state index contributed by atoms with van der Waals surface area (Å²) in [5.41, 5.74) is 6.37. The lowest BCUT2D eigenvalue weighted by Crippen LogP contribution is -2.14. The molecular formula is C17H24O3. The normalized spacial score (nSPS) is 12.3. The minimum absolute atomic E-state index is 0.0354. The van der Waals surface area contributed by atoms with Crippen molar-refractivity contribution in [3.8, 4) is 0 Å². The van der Waals surface area contributed by atoms with Crippen LogP contribution in [0.4, 0.5) is 0 Å². The number of hydrogen-bond acceptors (Lipinski definition) is 2. The van der Waals surface area contributed by atoms with Crippen LogP contribution in [0.3, 0.4) is 0 Å². The van der Waals surface area contributed by atoms with Crippen LogP contribution in [-0.2, 0) is 4.79 Å².